The van der Waals surface area contributed by atoms with E-state index in [9.17, 15) is 9.59 Å². The average Bonchev–Trinajstić information content (AvgIpc) is 2.57. The van der Waals surface area contributed by atoms with Crippen molar-refractivity contribution in [2.24, 2.45) is 0 Å². The smallest absolute Gasteiger partial charge is 0.335 e. The third-order valence-corrected chi connectivity index (χ3v) is 3.31. The van der Waals surface area contributed by atoms with Crippen molar-refractivity contribution in [2.75, 3.05) is 10.6 Å². The van der Waals surface area contributed by atoms with Gasteiger partial charge in [-0.15, -0.1) is 0 Å². The number of halogens is 1. The SMILES string of the molecule is N#C/C(=C/Nc1cccc(C(=O)O)c1)C(=O)Nc1ccccc1Cl. The molecule has 0 bridgehead atoms. The lowest BCUT2D eigenvalue weighted by Crippen LogP contribution is -2.14. The Bertz CT molecular complexity index is 856. The van der Waals surface area contributed by atoms with E-state index in [1.807, 2.05) is 0 Å². The van der Waals surface area contributed by atoms with Gasteiger partial charge in [0.1, 0.15) is 11.6 Å². The first-order valence-corrected chi connectivity index (χ1v) is 7.15. The number of carboxylic acid groups (broad SMARTS) is 1. The number of rotatable bonds is 5. The molecule has 2 aromatic rings. The van der Waals surface area contributed by atoms with E-state index in [1.54, 1.807) is 42.5 Å². The Labute approximate surface area is 143 Å². The minimum absolute atomic E-state index is 0.0902. The van der Waals surface area contributed by atoms with Crippen LogP contribution in [-0.2, 0) is 4.79 Å². The zero-order valence-corrected chi connectivity index (χ0v) is 13.0. The van der Waals surface area contributed by atoms with Crippen LogP contribution in [0.5, 0.6) is 0 Å². The molecule has 3 N–H and O–H groups in total. The number of benzene rings is 2. The molecular weight excluding hydrogens is 330 g/mol. The van der Waals surface area contributed by atoms with Crippen LogP contribution < -0.4 is 10.6 Å². The van der Waals surface area contributed by atoms with Gasteiger partial charge >= 0.3 is 5.97 Å². The molecule has 0 heterocycles. The molecule has 2 rings (SSSR count). The molecule has 0 atom stereocenters. The number of nitrogens with one attached hydrogen (secondary N) is 2. The van der Waals surface area contributed by atoms with Crippen molar-refractivity contribution in [1.82, 2.24) is 0 Å². The second-order valence-corrected chi connectivity index (χ2v) is 5.04. The highest BCUT2D eigenvalue weighted by molar-refractivity contribution is 6.33. The van der Waals surface area contributed by atoms with E-state index in [4.69, 9.17) is 22.0 Å². The number of carboxylic acids is 1. The quantitative estimate of drug-likeness (QED) is 0.570. The Kier molecular flexibility index (Phi) is 5.55. The van der Waals surface area contributed by atoms with Gasteiger partial charge in [0.05, 0.1) is 16.3 Å². The molecule has 1 amide bonds. The first-order chi connectivity index (χ1) is 11.5. The van der Waals surface area contributed by atoms with E-state index in [-0.39, 0.29) is 11.1 Å². The predicted molar refractivity (Wildman–Crippen MR) is 90.8 cm³/mol. The molecule has 0 aliphatic heterocycles. The molecule has 0 aliphatic rings. The van der Waals surface area contributed by atoms with Gasteiger partial charge in [0.2, 0.25) is 0 Å². The summed E-state index contributed by atoms with van der Waals surface area (Å²) in [6.45, 7) is 0. The van der Waals surface area contributed by atoms with Crippen LogP contribution in [0, 0.1) is 11.3 Å². The largest absolute Gasteiger partial charge is 0.478 e. The van der Waals surface area contributed by atoms with E-state index in [0.717, 1.165) is 0 Å². The minimum Gasteiger partial charge on any atom is -0.478 e. The van der Waals surface area contributed by atoms with Crippen molar-refractivity contribution in [1.29, 1.82) is 5.26 Å². The van der Waals surface area contributed by atoms with Gasteiger partial charge in [0, 0.05) is 11.9 Å². The van der Waals surface area contributed by atoms with E-state index in [0.29, 0.717) is 16.4 Å². The summed E-state index contributed by atoms with van der Waals surface area (Å²) < 4.78 is 0. The lowest BCUT2D eigenvalue weighted by molar-refractivity contribution is -0.112. The van der Waals surface area contributed by atoms with Gasteiger partial charge in [-0.3, -0.25) is 4.79 Å². The van der Waals surface area contributed by atoms with Gasteiger partial charge in [0.25, 0.3) is 5.91 Å². The molecule has 0 radical (unpaired) electrons. The number of para-hydroxylation sites is 1. The van der Waals surface area contributed by atoms with E-state index in [2.05, 4.69) is 10.6 Å². The first-order valence-electron chi connectivity index (χ1n) is 6.77. The Morgan fingerprint density at radius 3 is 2.58 bits per heavy atom. The van der Waals surface area contributed by atoms with Crippen molar-refractivity contribution in [3.63, 3.8) is 0 Å². The van der Waals surface area contributed by atoms with Crippen LogP contribution in [0.15, 0.2) is 60.3 Å². The highest BCUT2D eigenvalue weighted by Gasteiger charge is 2.11. The Morgan fingerprint density at radius 2 is 1.92 bits per heavy atom. The maximum Gasteiger partial charge on any atom is 0.335 e. The van der Waals surface area contributed by atoms with Gasteiger partial charge < -0.3 is 15.7 Å². The molecule has 0 saturated carbocycles. The third kappa shape index (κ3) is 4.35. The van der Waals surface area contributed by atoms with E-state index >= 15 is 0 Å². The minimum atomic E-state index is -1.07. The normalized spacial score (nSPS) is 10.6. The van der Waals surface area contributed by atoms with Crippen LogP contribution in [0.1, 0.15) is 10.4 Å². The summed E-state index contributed by atoms with van der Waals surface area (Å²) in [4.78, 5) is 23.0. The number of aromatic carboxylic acids is 1. The average molecular weight is 342 g/mol. The lowest BCUT2D eigenvalue weighted by Gasteiger charge is -2.07. The molecule has 120 valence electrons. The summed E-state index contributed by atoms with van der Waals surface area (Å²) in [7, 11) is 0. The van der Waals surface area contributed by atoms with Crippen LogP contribution in [0.4, 0.5) is 11.4 Å². The number of nitriles is 1. The number of nitrogens with zero attached hydrogens (tertiary/aromatic N) is 1. The van der Waals surface area contributed by atoms with Gasteiger partial charge in [-0.25, -0.2) is 4.79 Å². The summed E-state index contributed by atoms with van der Waals surface area (Å²) in [5, 5.41) is 23.7. The fourth-order valence-electron chi connectivity index (χ4n) is 1.80. The first kappa shape index (κ1) is 17.1. The summed E-state index contributed by atoms with van der Waals surface area (Å²) in [5.41, 5.74) is 0.731. The van der Waals surface area contributed by atoms with Crippen molar-refractivity contribution < 1.29 is 14.7 Å². The molecule has 24 heavy (non-hydrogen) atoms. The number of hydrogen-bond donors (Lipinski definition) is 3. The molecule has 0 aliphatic carbocycles. The summed E-state index contributed by atoms with van der Waals surface area (Å²) >= 11 is 5.95. The maximum absolute atomic E-state index is 12.1. The standard InChI is InChI=1S/C17H12ClN3O3/c18-14-6-1-2-7-15(14)21-16(22)12(9-19)10-20-13-5-3-4-11(8-13)17(23)24/h1-8,10,20H,(H,21,22)(H,23,24)/b12-10-. The number of carbonyl (C=O) groups excluding carboxylic acids is 1. The number of hydrogen-bond acceptors (Lipinski definition) is 4. The Balaban J connectivity index is 2.13. The van der Waals surface area contributed by atoms with Gasteiger partial charge in [-0.05, 0) is 30.3 Å². The molecule has 0 saturated heterocycles. The maximum atomic E-state index is 12.1. The highest BCUT2D eigenvalue weighted by Crippen LogP contribution is 2.21. The molecule has 6 nitrogen and oxygen atoms in total. The summed E-state index contributed by atoms with van der Waals surface area (Å²) in [5.74, 6) is -1.70. The zero-order valence-electron chi connectivity index (χ0n) is 12.3. The van der Waals surface area contributed by atoms with Crippen LogP contribution in [0.25, 0.3) is 0 Å². The molecule has 0 spiro atoms. The molecule has 2 aromatic carbocycles. The topological polar surface area (TPSA) is 102 Å². The molecule has 7 heteroatoms. The molecule has 0 fully saturated rings. The fourth-order valence-corrected chi connectivity index (χ4v) is 1.98. The van der Waals surface area contributed by atoms with E-state index < -0.39 is 11.9 Å². The molecular formula is C17H12ClN3O3. The van der Waals surface area contributed by atoms with Crippen molar-refractivity contribution in [3.8, 4) is 6.07 Å². The van der Waals surface area contributed by atoms with Crippen LogP contribution >= 0.6 is 11.6 Å². The zero-order chi connectivity index (χ0) is 17.5. The lowest BCUT2D eigenvalue weighted by atomic mass is 10.2. The predicted octanol–water partition coefficient (Wildman–Crippen LogP) is 3.50. The van der Waals surface area contributed by atoms with Crippen molar-refractivity contribution in [2.45, 2.75) is 0 Å². The van der Waals surface area contributed by atoms with Crippen LogP contribution in [0.2, 0.25) is 5.02 Å². The van der Waals surface area contributed by atoms with Crippen LogP contribution in [-0.4, -0.2) is 17.0 Å². The van der Waals surface area contributed by atoms with Crippen molar-refractivity contribution >= 4 is 34.9 Å². The summed E-state index contributed by atoms with van der Waals surface area (Å²) in [6.07, 6.45) is 1.20. The number of amides is 1. The highest BCUT2D eigenvalue weighted by atomic mass is 35.5. The fraction of sp³-hybridized carbons (Fsp3) is 0. The van der Waals surface area contributed by atoms with E-state index in [1.165, 1.54) is 18.3 Å². The van der Waals surface area contributed by atoms with Crippen LogP contribution in [0.3, 0.4) is 0 Å². The monoisotopic (exact) mass is 341 g/mol. The Hall–Kier alpha value is -3.30. The van der Waals surface area contributed by atoms with Gasteiger partial charge in [-0.1, -0.05) is 29.8 Å². The Morgan fingerprint density at radius 1 is 1.17 bits per heavy atom. The molecule has 0 unspecified atom stereocenters. The second kappa shape index (κ2) is 7.81. The summed E-state index contributed by atoms with van der Waals surface area (Å²) in [6, 6.07) is 14.4. The third-order valence-electron chi connectivity index (χ3n) is 2.98. The molecule has 0 aromatic heterocycles. The van der Waals surface area contributed by atoms with Crippen molar-refractivity contribution in [3.05, 3.63) is 70.9 Å². The second-order valence-electron chi connectivity index (χ2n) is 4.63. The van der Waals surface area contributed by atoms with Gasteiger partial charge in [0.15, 0.2) is 0 Å². The number of carbonyl (C=O) groups is 2. The number of anilines is 2. The van der Waals surface area contributed by atoms with Gasteiger partial charge in [-0.2, -0.15) is 5.26 Å².